The van der Waals surface area contributed by atoms with Gasteiger partial charge in [-0.05, 0) is 43.5 Å². The number of anilines is 1. The fraction of sp³-hybridized carbons (Fsp3) is 0.467. The largest absolute Gasteiger partial charge is 0.478 e. The van der Waals surface area contributed by atoms with Gasteiger partial charge in [-0.15, -0.1) is 0 Å². The second-order valence-electron chi connectivity index (χ2n) is 5.18. The van der Waals surface area contributed by atoms with Gasteiger partial charge < -0.3 is 15.7 Å². The van der Waals surface area contributed by atoms with Gasteiger partial charge in [0.25, 0.3) is 0 Å². The third kappa shape index (κ3) is 3.57. The molecule has 1 aromatic rings. The molecule has 5 heteroatoms. The fourth-order valence-corrected chi connectivity index (χ4v) is 2.53. The van der Waals surface area contributed by atoms with Gasteiger partial charge in [0, 0.05) is 5.69 Å². The molecule has 1 heterocycles. The average molecular weight is 276 g/mol. The first-order valence-electron chi connectivity index (χ1n) is 6.97. The summed E-state index contributed by atoms with van der Waals surface area (Å²) < 4.78 is 0. The summed E-state index contributed by atoms with van der Waals surface area (Å²) in [7, 11) is 0. The highest BCUT2D eigenvalue weighted by atomic mass is 16.4. The molecule has 0 bridgehead atoms. The highest BCUT2D eigenvalue weighted by Crippen LogP contribution is 2.20. The van der Waals surface area contributed by atoms with E-state index in [1.165, 1.54) is 12.1 Å². The normalized spacial score (nSPS) is 22.2. The summed E-state index contributed by atoms with van der Waals surface area (Å²) in [4.78, 5) is 23.1. The van der Waals surface area contributed by atoms with Crippen molar-refractivity contribution < 1.29 is 14.7 Å². The van der Waals surface area contributed by atoms with Crippen molar-refractivity contribution in [3.63, 3.8) is 0 Å². The summed E-state index contributed by atoms with van der Waals surface area (Å²) in [6.07, 6.45) is 3.02. The zero-order valence-electron chi connectivity index (χ0n) is 11.6. The van der Waals surface area contributed by atoms with Gasteiger partial charge in [-0.1, -0.05) is 19.4 Å². The van der Waals surface area contributed by atoms with Crippen LogP contribution in [0.1, 0.15) is 36.5 Å². The summed E-state index contributed by atoms with van der Waals surface area (Å²) >= 11 is 0. The molecule has 108 valence electrons. The first-order chi connectivity index (χ1) is 9.60. The zero-order valence-corrected chi connectivity index (χ0v) is 11.6. The third-order valence-electron chi connectivity index (χ3n) is 3.78. The van der Waals surface area contributed by atoms with Crippen molar-refractivity contribution in [2.75, 3.05) is 11.9 Å². The van der Waals surface area contributed by atoms with Gasteiger partial charge in [-0.3, -0.25) is 4.79 Å². The van der Waals surface area contributed by atoms with Crippen molar-refractivity contribution in [1.29, 1.82) is 0 Å². The summed E-state index contributed by atoms with van der Waals surface area (Å²) in [6.45, 7) is 2.99. The minimum absolute atomic E-state index is 0.0920. The van der Waals surface area contributed by atoms with Crippen LogP contribution in [0.2, 0.25) is 0 Å². The van der Waals surface area contributed by atoms with Crippen LogP contribution < -0.4 is 10.6 Å². The van der Waals surface area contributed by atoms with E-state index in [-0.39, 0.29) is 17.5 Å². The van der Waals surface area contributed by atoms with Gasteiger partial charge in [0.2, 0.25) is 5.91 Å². The molecule has 3 N–H and O–H groups in total. The molecule has 1 fully saturated rings. The van der Waals surface area contributed by atoms with E-state index >= 15 is 0 Å². The number of rotatable bonds is 4. The second kappa shape index (κ2) is 6.52. The summed E-state index contributed by atoms with van der Waals surface area (Å²) in [5, 5.41) is 14.9. The Morgan fingerprint density at radius 1 is 1.45 bits per heavy atom. The van der Waals surface area contributed by atoms with Crippen LogP contribution in [-0.2, 0) is 4.79 Å². The predicted octanol–water partition coefficient (Wildman–Crippen LogP) is 2.10. The Balaban J connectivity index is 2.00. The van der Waals surface area contributed by atoms with Crippen molar-refractivity contribution >= 4 is 17.6 Å². The lowest BCUT2D eigenvalue weighted by atomic mass is 9.90. The highest BCUT2D eigenvalue weighted by Gasteiger charge is 2.25. The van der Waals surface area contributed by atoms with Gasteiger partial charge in [-0.2, -0.15) is 0 Å². The van der Waals surface area contributed by atoms with Crippen LogP contribution in [0.3, 0.4) is 0 Å². The molecule has 1 aliphatic rings. The van der Waals surface area contributed by atoms with Gasteiger partial charge >= 0.3 is 5.97 Å². The SMILES string of the molecule is CCC1CCNC(C(=O)Nc2cccc(C(=O)O)c2)C1. The molecular formula is C15H20N2O3. The summed E-state index contributed by atoms with van der Waals surface area (Å²) in [5.41, 5.74) is 0.696. The van der Waals surface area contributed by atoms with Crippen LogP contribution in [0.25, 0.3) is 0 Å². The number of amides is 1. The lowest BCUT2D eigenvalue weighted by molar-refractivity contribution is -0.119. The van der Waals surface area contributed by atoms with E-state index in [9.17, 15) is 9.59 Å². The van der Waals surface area contributed by atoms with Crippen LogP contribution in [0.5, 0.6) is 0 Å². The smallest absolute Gasteiger partial charge is 0.335 e. The molecule has 2 atom stereocenters. The molecule has 1 saturated heterocycles. The van der Waals surface area contributed by atoms with Crippen LogP contribution in [0, 0.1) is 5.92 Å². The predicted molar refractivity (Wildman–Crippen MR) is 76.8 cm³/mol. The number of carbonyl (C=O) groups excluding carboxylic acids is 1. The number of hydrogen-bond donors (Lipinski definition) is 3. The van der Waals surface area contributed by atoms with Crippen LogP contribution >= 0.6 is 0 Å². The standard InChI is InChI=1S/C15H20N2O3/c1-2-10-6-7-16-13(8-10)14(18)17-12-5-3-4-11(9-12)15(19)20/h3-5,9-10,13,16H,2,6-8H2,1H3,(H,17,18)(H,19,20). The maximum absolute atomic E-state index is 12.2. The quantitative estimate of drug-likeness (QED) is 0.787. The number of aromatic carboxylic acids is 1. The van der Waals surface area contributed by atoms with E-state index in [0.717, 1.165) is 25.8 Å². The van der Waals surface area contributed by atoms with E-state index in [1.54, 1.807) is 12.1 Å². The minimum atomic E-state index is -0.997. The monoisotopic (exact) mass is 276 g/mol. The van der Waals surface area contributed by atoms with Crippen molar-refractivity contribution in [1.82, 2.24) is 5.32 Å². The molecule has 0 spiro atoms. The van der Waals surface area contributed by atoms with E-state index < -0.39 is 5.97 Å². The molecular weight excluding hydrogens is 256 g/mol. The lowest BCUT2D eigenvalue weighted by Gasteiger charge is -2.28. The number of carbonyl (C=O) groups is 2. The van der Waals surface area contributed by atoms with Crippen LogP contribution in [0.4, 0.5) is 5.69 Å². The van der Waals surface area contributed by atoms with Gasteiger partial charge in [0.05, 0.1) is 11.6 Å². The molecule has 0 aliphatic carbocycles. The average Bonchev–Trinajstić information content (AvgIpc) is 2.47. The first kappa shape index (κ1) is 14.5. The first-order valence-corrected chi connectivity index (χ1v) is 6.97. The molecule has 1 aliphatic heterocycles. The topological polar surface area (TPSA) is 78.4 Å². The molecule has 2 rings (SSSR count). The molecule has 0 aromatic heterocycles. The molecule has 0 radical (unpaired) electrons. The number of piperidine rings is 1. The number of nitrogens with one attached hydrogen (secondary N) is 2. The summed E-state index contributed by atoms with van der Waals surface area (Å²) in [6, 6.07) is 6.11. The number of hydrogen-bond acceptors (Lipinski definition) is 3. The van der Waals surface area contributed by atoms with Gasteiger partial charge in [0.15, 0.2) is 0 Å². The van der Waals surface area contributed by atoms with E-state index in [1.807, 2.05) is 0 Å². The third-order valence-corrected chi connectivity index (χ3v) is 3.78. The Morgan fingerprint density at radius 3 is 2.95 bits per heavy atom. The maximum Gasteiger partial charge on any atom is 0.335 e. The van der Waals surface area contributed by atoms with E-state index in [4.69, 9.17) is 5.11 Å². The zero-order chi connectivity index (χ0) is 14.5. The number of carboxylic acids is 1. The van der Waals surface area contributed by atoms with Gasteiger partial charge in [0.1, 0.15) is 0 Å². The van der Waals surface area contributed by atoms with Crippen molar-refractivity contribution in [3.05, 3.63) is 29.8 Å². The fourth-order valence-electron chi connectivity index (χ4n) is 2.53. The van der Waals surface area contributed by atoms with E-state index in [0.29, 0.717) is 11.6 Å². The van der Waals surface area contributed by atoms with Crippen LogP contribution in [-0.4, -0.2) is 29.6 Å². The second-order valence-corrected chi connectivity index (χ2v) is 5.18. The molecule has 5 nitrogen and oxygen atoms in total. The lowest BCUT2D eigenvalue weighted by Crippen LogP contribution is -2.46. The van der Waals surface area contributed by atoms with Crippen molar-refractivity contribution in [3.8, 4) is 0 Å². The van der Waals surface area contributed by atoms with Crippen LogP contribution in [0.15, 0.2) is 24.3 Å². The molecule has 0 saturated carbocycles. The van der Waals surface area contributed by atoms with E-state index in [2.05, 4.69) is 17.6 Å². The summed E-state index contributed by atoms with van der Waals surface area (Å²) in [5.74, 6) is -0.508. The Bertz CT molecular complexity index is 502. The van der Waals surface area contributed by atoms with Gasteiger partial charge in [-0.25, -0.2) is 4.79 Å². The molecule has 1 aromatic carbocycles. The Kier molecular flexibility index (Phi) is 4.74. The number of benzene rings is 1. The molecule has 1 amide bonds. The minimum Gasteiger partial charge on any atom is -0.478 e. The molecule has 2 unspecified atom stereocenters. The Labute approximate surface area is 118 Å². The maximum atomic E-state index is 12.2. The highest BCUT2D eigenvalue weighted by molar-refractivity contribution is 5.96. The Hall–Kier alpha value is -1.88. The number of carboxylic acid groups (broad SMARTS) is 1. The molecule has 20 heavy (non-hydrogen) atoms. The van der Waals surface area contributed by atoms with Crippen molar-refractivity contribution in [2.45, 2.75) is 32.2 Å². The van der Waals surface area contributed by atoms with Crippen molar-refractivity contribution in [2.24, 2.45) is 5.92 Å². The Morgan fingerprint density at radius 2 is 2.25 bits per heavy atom.